The molecule has 306 valence electrons. The zero-order valence-electron chi connectivity index (χ0n) is 32.4. The van der Waals surface area contributed by atoms with Crippen LogP contribution in [0.4, 0.5) is 0 Å². The van der Waals surface area contributed by atoms with E-state index in [-0.39, 0.29) is 51.0 Å². The van der Waals surface area contributed by atoms with Crippen LogP contribution in [0.3, 0.4) is 0 Å². The molecule has 3 rings (SSSR count). The predicted molar refractivity (Wildman–Crippen MR) is 205 cm³/mol. The highest BCUT2D eigenvalue weighted by Crippen LogP contribution is 2.28. The fraction of sp³-hybridized carbons (Fsp3) is 0.676. The van der Waals surface area contributed by atoms with Gasteiger partial charge in [-0.15, -0.1) is 11.3 Å². The van der Waals surface area contributed by atoms with Crippen molar-refractivity contribution in [1.82, 2.24) is 20.5 Å². The molecule has 3 unspecified atom stereocenters. The standard InChI is InChI=1S/C37H57N7O10S/c1-27-33(55-26-40-27)29-7-5-28(6-8-29)24-39-35(47)31-23-30(45)25-44(31)36(48)34(37(2,3)4)42-32(46)9-11-49-13-15-51-17-19-53-21-22-54-20-18-52-16-14-50-12-10-41-43-38/h5-8,26,30-31,34,45H,9-25H2,1-4H3,(H,39,47)(H,42,46). The molecule has 17 nitrogen and oxygen atoms in total. The summed E-state index contributed by atoms with van der Waals surface area (Å²) in [5, 5.41) is 19.6. The van der Waals surface area contributed by atoms with E-state index in [0.29, 0.717) is 72.6 Å². The van der Waals surface area contributed by atoms with Crippen molar-refractivity contribution >= 4 is 29.1 Å². The molecule has 1 aliphatic rings. The van der Waals surface area contributed by atoms with Crippen molar-refractivity contribution in [3.63, 3.8) is 0 Å². The number of aliphatic hydroxyl groups excluding tert-OH is 1. The lowest BCUT2D eigenvalue weighted by molar-refractivity contribution is -0.144. The largest absolute Gasteiger partial charge is 0.391 e. The summed E-state index contributed by atoms with van der Waals surface area (Å²) in [5.41, 5.74) is 12.2. The minimum atomic E-state index is -0.918. The van der Waals surface area contributed by atoms with Gasteiger partial charge in [0, 0.05) is 37.4 Å². The van der Waals surface area contributed by atoms with Crippen molar-refractivity contribution in [2.45, 2.75) is 65.3 Å². The number of β-amino-alcohol motifs (C(OH)–C–C–N with tert-alkyl or cyclic N) is 1. The first-order valence-electron chi connectivity index (χ1n) is 18.5. The summed E-state index contributed by atoms with van der Waals surface area (Å²) in [7, 11) is 0. The Hall–Kier alpha value is -3.71. The van der Waals surface area contributed by atoms with E-state index in [1.165, 1.54) is 4.90 Å². The minimum Gasteiger partial charge on any atom is -0.391 e. The summed E-state index contributed by atoms with van der Waals surface area (Å²) >= 11 is 1.57. The molecule has 3 atom stereocenters. The number of carbonyl (C=O) groups is 3. The van der Waals surface area contributed by atoms with Gasteiger partial charge in [0.15, 0.2) is 0 Å². The molecule has 0 bridgehead atoms. The van der Waals surface area contributed by atoms with Crippen LogP contribution in [-0.2, 0) is 49.3 Å². The summed E-state index contributed by atoms with van der Waals surface area (Å²) < 4.78 is 32.6. The third-order valence-electron chi connectivity index (χ3n) is 8.44. The Morgan fingerprint density at radius 3 is 1.98 bits per heavy atom. The van der Waals surface area contributed by atoms with Crippen LogP contribution in [0.1, 0.15) is 44.9 Å². The number of likely N-dealkylation sites (tertiary alicyclic amines) is 1. The zero-order chi connectivity index (χ0) is 39.9. The van der Waals surface area contributed by atoms with Gasteiger partial charge < -0.3 is 49.1 Å². The van der Waals surface area contributed by atoms with Crippen molar-refractivity contribution in [2.24, 2.45) is 10.5 Å². The number of benzene rings is 1. The number of aryl methyl sites for hydroxylation is 1. The van der Waals surface area contributed by atoms with Crippen LogP contribution in [0.5, 0.6) is 0 Å². The highest BCUT2D eigenvalue weighted by Gasteiger charge is 2.44. The smallest absolute Gasteiger partial charge is 0.246 e. The summed E-state index contributed by atoms with van der Waals surface area (Å²) in [4.78, 5) is 49.5. The third-order valence-corrected chi connectivity index (χ3v) is 9.42. The number of hydrogen-bond acceptors (Lipinski definition) is 13. The lowest BCUT2D eigenvalue weighted by Gasteiger charge is -2.35. The van der Waals surface area contributed by atoms with Gasteiger partial charge in [-0.05, 0) is 29.0 Å². The number of azide groups is 1. The molecule has 1 aliphatic heterocycles. The van der Waals surface area contributed by atoms with Crippen LogP contribution in [0, 0.1) is 12.3 Å². The van der Waals surface area contributed by atoms with Crippen LogP contribution in [0.15, 0.2) is 34.9 Å². The molecule has 1 aromatic carbocycles. The summed E-state index contributed by atoms with van der Waals surface area (Å²) in [6.45, 7) is 12.6. The second kappa shape index (κ2) is 25.4. The molecule has 0 radical (unpaired) electrons. The zero-order valence-corrected chi connectivity index (χ0v) is 33.2. The van der Waals surface area contributed by atoms with Gasteiger partial charge in [0.25, 0.3) is 0 Å². The van der Waals surface area contributed by atoms with E-state index in [1.54, 1.807) is 11.3 Å². The van der Waals surface area contributed by atoms with E-state index in [1.807, 2.05) is 57.5 Å². The van der Waals surface area contributed by atoms with Crippen LogP contribution in [0.25, 0.3) is 20.9 Å². The first-order valence-corrected chi connectivity index (χ1v) is 19.4. The number of aliphatic hydroxyl groups is 1. The number of carbonyl (C=O) groups excluding carboxylic acids is 3. The Morgan fingerprint density at radius 1 is 0.927 bits per heavy atom. The third kappa shape index (κ3) is 17.3. The molecule has 1 fully saturated rings. The van der Waals surface area contributed by atoms with E-state index in [4.69, 9.17) is 34.0 Å². The highest BCUT2D eigenvalue weighted by atomic mass is 32.1. The first-order chi connectivity index (χ1) is 26.5. The lowest BCUT2D eigenvalue weighted by Crippen LogP contribution is -2.57. The number of ether oxygens (including phenoxy) is 6. The molecule has 3 N–H and O–H groups in total. The Balaban J connectivity index is 1.27. The molecule has 55 heavy (non-hydrogen) atoms. The second-order valence-electron chi connectivity index (χ2n) is 13.8. The lowest BCUT2D eigenvalue weighted by atomic mass is 9.85. The fourth-order valence-corrected chi connectivity index (χ4v) is 6.34. The normalized spacial score (nSPS) is 16.1. The van der Waals surface area contributed by atoms with Gasteiger partial charge in [-0.25, -0.2) is 4.98 Å². The summed E-state index contributed by atoms with van der Waals surface area (Å²) in [6.07, 6.45) is -0.707. The molecule has 0 saturated carbocycles. The van der Waals surface area contributed by atoms with Gasteiger partial charge in [-0.2, -0.15) is 0 Å². The summed E-state index contributed by atoms with van der Waals surface area (Å²) in [6, 6.07) is 6.08. The van der Waals surface area contributed by atoms with Crippen LogP contribution < -0.4 is 10.6 Å². The van der Waals surface area contributed by atoms with E-state index in [9.17, 15) is 19.5 Å². The van der Waals surface area contributed by atoms with Crippen molar-refractivity contribution in [2.75, 3.05) is 92.4 Å². The Kier molecular flexibility index (Phi) is 21.1. The van der Waals surface area contributed by atoms with Crippen molar-refractivity contribution in [3.05, 3.63) is 51.5 Å². The first kappa shape index (κ1) is 45.7. The number of amides is 3. The average molecular weight is 792 g/mol. The number of rotatable bonds is 27. The molecule has 0 spiro atoms. The topological polar surface area (TPSA) is 216 Å². The Morgan fingerprint density at radius 2 is 1.47 bits per heavy atom. The molecule has 0 aliphatic carbocycles. The minimum absolute atomic E-state index is 0.000723. The quantitative estimate of drug-likeness (QED) is 0.0518. The van der Waals surface area contributed by atoms with Gasteiger partial charge in [0.05, 0.1) is 101 Å². The van der Waals surface area contributed by atoms with Gasteiger partial charge in [0.2, 0.25) is 17.7 Å². The average Bonchev–Trinajstić information content (AvgIpc) is 3.78. The van der Waals surface area contributed by atoms with Crippen molar-refractivity contribution < 1.29 is 47.9 Å². The molecule has 1 saturated heterocycles. The number of nitrogens with one attached hydrogen (secondary N) is 2. The van der Waals surface area contributed by atoms with Crippen molar-refractivity contribution in [3.8, 4) is 10.4 Å². The summed E-state index contributed by atoms with van der Waals surface area (Å²) in [5.74, 6) is -1.14. The predicted octanol–water partition coefficient (Wildman–Crippen LogP) is 3.03. The monoisotopic (exact) mass is 791 g/mol. The Labute approximate surface area is 327 Å². The maximum absolute atomic E-state index is 13.8. The van der Waals surface area contributed by atoms with E-state index in [2.05, 4.69) is 25.6 Å². The number of nitrogens with zero attached hydrogens (tertiary/aromatic N) is 5. The van der Waals surface area contributed by atoms with Gasteiger partial charge in [0.1, 0.15) is 12.1 Å². The molecular formula is C37H57N7O10S. The van der Waals surface area contributed by atoms with E-state index >= 15 is 0 Å². The number of aromatic nitrogens is 1. The number of hydrogen-bond donors (Lipinski definition) is 3. The molecule has 18 heteroatoms. The molecular weight excluding hydrogens is 735 g/mol. The van der Waals surface area contributed by atoms with Crippen molar-refractivity contribution in [1.29, 1.82) is 0 Å². The fourth-order valence-electron chi connectivity index (χ4n) is 5.53. The van der Waals surface area contributed by atoms with Crippen LogP contribution in [0.2, 0.25) is 0 Å². The maximum Gasteiger partial charge on any atom is 0.246 e. The van der Waals surface area contributed by atoms with Gasteiger partial charge in [-0.3, -0.25) is 14.4 Å². The molecule has 2 aromatic rings. The van der Waals surface area contributed by atoms with Gasteiger partial charge in [-0.1, -0.05) is 50.2 Å². The number of thiazole rings is 1. The molecule has 3 amide bonds. The SMILES string of the molecule is Cc1ncsc1-c1ccc(CNC(=O)C2CC(O)CN2C(=O)C(NC(=O)CCOCCOCCOCCOCCOCCOCCN=[N+]=[N-])C(C)(C)C)cc1. The highest BCUT2D eigenvalue weighted by molar-refractivity contribution is 7.13. The molecule has 2 heterocycles. The van der Waals surface area contributed by atoms with E-state index in [0.717, 1.165) is 21.7 Å². The maximum atomic E-state index is 13.8. The second-order valence-corrected chi connectivity index (χ2v) is 14.7. The van der Waals surface area contributed by atoms with Crippen LogP contribution in [-0.4, -0.2) is 143 Å². The van der Waals surface area contributed by atoms with Crippen LogP contribution >= 0.6 is 11.3 Å². The van der Waals surface area contributed by atoms with Gasteiger partial charge >= 0.3 is 0 Å². The molecule has 1 aromatic heterocycles. The van der Waals surface area contributed by atoms with E-state index < -0.39 is 29.5 Å². The Bertz CT molecular complexity index is 1480.